The Labute approximate surface area is 161 Å². The summed E-state index contributed by atoms with van der Waals surface area (Å²) in [7, 11) is 0. The van der Waals surface area contributed by atoms with Gasteiger partial charge in [0, 0.05) is 17.6 Å². The number of nitrogens with one attached hydrogen (secondary N) is 2. The zero-order valence-electron chi connectivity index (χ0n) is 15.0. The minimum absolute atomic E-state index is 0.0362. The molecule has 0 spiro atoms. The number of alkyl carbamates (subject to hydrolysis) is 1. The average Bonchev–Trinajstić information content (AvgIpc) is 2.71. The SMILES string of the molecule is C[C@@H](/C=C/C(=O)NO)[C@@H](OC(=O)NC(=O)c1ccccc1)c1ccc(O)cc1. The zero-order chi connectivity index (χ0) is 20.5. The monoisotopic (exact) mass is 384 g/mol. The molecule has 0 bridgehead atoms. The molecule has 0 heterocycles. The topological polar surface area (TPSA) is 125 Å². The predicted molar refractivity (Wildman–Crippen MR) is 99.5 cm³/mol. The fourth-order valence-electron chi connectivity index (χ4n) is 2.42. The van der Waals surface area contributed by atoms with E-state index in [-0.39, 0.29) is 5.75 Å². The molecule has 2 atom stereocenters. The third-order valence-corrected chi connectivity index (χ3v) is 3.85. The van der Waals surface area contributed by atoms with Crippen molar-refractivity contribution in [2.24, 2.45) is 5.92 Å². The molecule has 0 saturated carbocycles. The summed E-state index contributed by atoms with van der Waals surface area (Å²) in [6.07, 6.45) is 0.717. The zero-order valence-corrected chi connectivity index (χ0v) is 15.0. The van der Waals surface area contributed by atoms with Crippen molar-refractivity contribution in [1.29, 1.82) is 0 Å². The fraction of sp³-hybridized carbons (Fsp3) is 0.150. The van der Waals surface area contributed by atoms with E-state index in [2.05, 4.69) is 5.32 Å². The van der Waals surface area contributed by atoms with Crippen molar-refractivity contribution in [3.63, 3.8) is 0 Å². The molecule has 2 aromatic carbocycles. The van der Waals surface area contributed by atoms with Crippen LogP contribution in [-0.2, 0) is 9.53 Å². The number of hydrogen-bond acceptors (Lipinski definition) is 6. The molecule has 2 aromatic rings. The van der Waals surface area contributed by atoms with Crippen molar-refractivity contribution >= 4 is 17.9 Å². The van der Waals surface area contributed by atoms with Gasteiger partial charge in [-0.15, -0.1) is 0 Å². The quantitative estimate of drug-likeness (QED) is 0.345. The van der Waals surface area contributed by atoms with Crippen LogP contribution in [0.1, 0.15) is 28.9 Å². The number of imide groups is 1. The van der Waals surface area contributed by atoms with Crippen LogP contribution in [0.25, 0.3) is 0 Å². The lowest BCUT2D eigenvalue weighted by atomic mass is 9.96. The molecular formula is C20H20N2O6. The maximum Gasteiger partial charge on any atom is 0.414 e. The van der Waals surface area contributed by atoms with Crippen molar-refractivity contribution < 1.29 is 29.4 Å². The van der Waals surface area contributed by atoms with Gasteiger partial charge in [-0.25, -0.2) is 10.3 Å². The first-order chi connectivity index (χ1) is 13.4. The molecule has 0 fully saturated rings. The van der Waals surface area contributed by atoms with Crippen molar-refractivity contribution in [3.05, 3.63) is 77.9 Å². The van der Waals surface area contributed by atoms with E-state index in [0.717, 1.165) is 6.08 Å². The standard InChI is InChI=1S/C20H20N2O6/c1-13(7-12-17(24)22-27)18(14-8-10-16(23)11-9-14)28-20(26)21-19(25)15-5-3-2-4-6-15/h2-13,18,23,27H,1H3,(H,22,24)(H,21,25,26)/b12-7+/t13-,18+/m0/s1. The number of phenolic OH excluding ortho intramolecular Hbond substituents is 1. The van der Waals surface area contributed by atoms with Crippen molar-refractivity contribution in [3.8, 4) is 5.75 Å². The van der Waals surface area contributed by atoms with Crippen LogP contribution in [0.2, 0.25) is 0 Å². The van der Waals surface area contributed by atoms with Crippen LogP contribution in [0.4, 0.5) is 4.79 Å². The number of benzene rings is 2. The highest BCUT2D eigenvalue weighted by Crippen LogP contribution is 2.28. The van der Waals surface area contributed by atoms with Crippen LogP contribution >= 0.6 is 0 Å². The van der Waals surface area contributed by atoms with E-state index in [9.17, 15) is 19.5 Å². The number of carbonyl (C=O) groups is 3. The van der Waals surface area contributed by atoms with E-state index < -0.39 is 29.9 Å². The molecule has 3 amide bonds. The van der Waals surface area contributed by atoms with Gasteiger partial charge in [0.2, 0.25) is 0 Å². The van der Waals surface area contributed by atoms with Gasteiger partial charge in [0.05, 0.1) is 0 Å². The smallest absolute Gasteiger partial charge is 0.414 e. The summed E-state index contributed by atoms with van der Waals surface area (Å²) < 4.78 is 5.40. The van der Waals surface area contributed by atoms with Crippen LogP contribution in [0.15, 0.2) is 66.7 Å². The maximum absolute atomic E-state index is 12.2. The summed E-state index contributed by atoms with van der Waals surface area (Å²) in [4.78, 5) is 35.5. The molecule has 8 heteroatoms. The first kappa shape index (κ1) is 20.7. The van der Waals surface area contributed by atoms with E-state index >= 15 is 0 Å². The average molecular weight is 384 g/mol. The van der Waals surface area contributed by atoms with Crippen molar-refractivity contribution in [2.75, 3.05) is 0 Å². The van der Waals surface area contributed by atoms with Gasteiger partial charge >= 0.3 is 6.09 Å². The third kappa shape index (κ3) is 5.96. The summed E-state index contributed by atoms with van der Waals surface area (Å²) in [6, 6.07) is 14.2. The maximum atomic E-state index is 12.2. The molecule has 0 aromatic heterocycles. The van der Waals surface area contributed by atoms with E-state index in [1.165, 1.54) is 23.7 Å². The Morgan fingerprint density at radius 2 is 1.68 bits per heavy atom. The minimum Gasteiger partial charge on any atom is -0.508 e. The molecule has 0 saturated heterocycles. The highest BCUT2D eigenvalue weighted by molar-refractivity contribution is 6.02. The molecule has 8 nitrogen and oxygen atoms in total. The number of aromatic hydroxyl groups is 1. The molecule has 4 N–H and O–H groups in total. The molecule has 0 aliphatic heterocycles. The van der Waals surface area contributed by atoms with Crippen LogP contribution in [0.5, 0.6) is 5.75 Å². The van der Waals surface area contributed by atoms with E-state index in [1.807, 2.05) is 0 Å². The van der Waals surface area contributed by atoms with Gasteiger partial charge < -0.3 is 9.84 Å². The number of hydroxylamine groups is 1. The van der Waals surface area contributed by atoms with Gasteiger partial charge in [0.15, 0.2) is 0 Å². The lowest BCUT2D eigenvalue weighted by Crippen LogP contribution is -2.33. The Kier molecular flexibility index (Phi) is 7.29. The largest absolute Gasteiger partial charge is 0.508 e. The summed E-state index contributed by atoms with van der Waals surface area (Å²) in [6.45, 7) is 1.69. The second-order valence-electron chi connectivity index (χ2n) is 5.93. The molecule has 0 aliphatic rings. The lowest BCUT2D eigenvalue weighted by molar-refractivity contribution is -0.124. The van der Waals surface area contributed by atoms with Crippen molar-refractivity contribution in [2.45, 2.75) is 13.0 Å². The highest BCUT2D eigenvalue weighted by atomic mass is 16.6. The van der Waals surface area contributed by atoms with Gasteiger partial charge in [-0.2, -0.15) is 0 Å². The van der Waals surface area contributed by atoms with Gasteiger partial charge in [-0.3, -0.25) is 20.1 Å². The molecule has 28 heavy (non-hydrogen) atoms. The number of phenols is 1. The van der Waals surface area contributed by atoms with Gasteiger partial charge in [-0.05, 0) is 29.8 Å². The molecule has 0 aliphatic carbocycles. The lowest BCUT2D eigenvalue weighted by Gasteiger charge is -2.22. The fourth-order valence-corrected chi connectivity index (χ4v) is 2.42. The minimum atomic E-state index is -0.959. The number of ether oxygens (including phenoxy) is 1. The Morgan fingerprint density at radius 3 is 2.29 bits per heavy atom. The second kappa shape index (κ2) is 9.89. The van der Waals surface area contributed by atoms with Gasteiger partial charge in [0.1, 0.15) is 11.9 Å². The molecule has 2 rings (SSSR count). The van der Waals surface area contributed by atoms with Crippen LogP contribution in [0, 0.1) is 5.92 Å². The Hall–Kier alpha value is -3.65. The van der Waals surface area contributed by atoms with Gasteiger partial charge in [-0.1, -0.05) is 43.3 Å². The normalized spacial score (nSPS) is 12.8. The van der Waals surface area contributed by atoms with Gasteiger partial charge in [0.25, 0.3) is 11.8 Å². The Morgan fingerprint density at radius 1 is 1.04 bits per heavy atom. The summed E-state index contributed by atoms with van der Waals surface area (Å²) in [5.41, 5.74) is 2.31. The van der Waals surface area contributed by atoms with E-state index in [0.29, 0.717) is 11.1 Å². The summed E-state index contributed by atoms with van der Waals surface area (Å²) >= 11 is 0. The van der Waals surface area contributed by atoms with E-state index in [1.54, 1.807) is 49.4 Å². The number of amides is 3. The van der Waals surface area contributed by atoms with Crippen LogP contribution in [0.3, 0.4) is 0 Å². The van der Waals surface area contributed by atoms with E-state index in [4.69, 9.17) is 9.94 Å². The molecule has 0 radical (unpaired) electrons. The third-order valence-electron chi connectivity index (χ3n) is 3.85. The van der Waals surface area contributed by atoms with Crippen LogP contribution in [-0.4, -0.2) is 28.2 Å². The molecule has 0 unspecified atom stereocenters. The molecular weight excluding hydrogens is 364 g/mol. The Bertz CT molecular complexity index is 849. The summed E-state index contributed by atoms with van der Waals surface area (Å²) in [5.74, 6) is -1.80. The first-order valence-corrected chi connectivity index (χ1v) is 8.39. The molecule has 146 valence electrons. The number of rotatable bonds is 6. The predicted octanol–water partition coefficient (Wildman–Crippen LogP) is 2.70. The van der Waals surface area contributed by atoms with Crippen molar-refractivity contribution in [1.82, 2.24) is 10.8 Å². The highest BCUT2D eigenvalue weighted by Gasteiger charge is 2.23. The first-order valence-electron chi connectivity index (χ1n) is 8.39. The Balaban J connectivity index is 2.15. The summed E-state index contributed by atoms with van der Waals surface area (Å²) in [5, 5.41) is 20.2. The van der Waals surface area contributed by atoms with Crippen LogP contribution < -0.4 is 10.8 Å². The number of hydrogen-bond donors (Lipinski definition) is 4. The number of carbonyl (C=O) groups excluding carboxylic acids is 3. The second-order valence-corrected chi connectivity index (χ2v) is 5.93.